The lowest BCUT2D eigenvalue weighted by molar-refractivity contribution is -0.145. The summed E-state index contributed by atoms with van der Waals surface area (Å²) in [5.41, 5.74) is 1.04. The van der Waals surface area contributed by atoms with Crippen molar-refractivity contribution in [3.63, 3.8) is 0 Å². The van der Waals surface area contributed by atoms with Crippen molar-refractivity contribution in [1.29, 1.82) is 0 Å². The number of nitrogens with one attached hydrogen (secondary N) is 1. The molecule has 0 aromatic heterocycles. The highest BCUT2D eigenvalue weighted by Gasteiger charge is 2.25. The minimum atomic E-state index is -0.616. The van der Waals surface area contributed by atoms with Gasteiger partial charge in [-0.05, 0) is 53.0 Å². The van der Waals surface area contributed by atoms with Gasteiger partial charge in [0.15, 0.2) is 0 Å². The Morgan fingerprint density at radius 3 is 2.64 bits per heavy atom. The zero-order chi connectivity index (χ0) is 15.9. The highest BCUT2D eigenvalue weighted by molar-refractivity contribution is 14.1. The molecule has 0 saturated heterocycles. The molecule has 120 valence electrons. The zero-order valence-corrected chi connectivity index (χ0v) is 15.0. The topological polar surface area (TPSA) is 55.4 Å². The van der Waals surface area contributed by atoms with Crippen molar-refractivity contribution in [2.45, 2.75) is 44.6 Å². The van der Waals surface area contributed by atoms with E-state index in [4.69, 9.17) is 4.74 Å². The van der Waals surface area contributed by atoms with Crippen LogP contribution >= 0.6 is 22.6 Å². The van der Waals surface area contributed by atoms with Crippen molar-refractivity contribution in [2.75, 3.05) is 7.11 Å². The lowest BCUT2D eigenvalue weighted by Gasteiger charge is -2.18. The molecule has 0 heterocycles. The number of benzene rings is 1. The number of ether oxygens (including phenoxy) is 1. The number of amides is 1. The van der Waals surface area contributed by atoms with Gasteiger partial charge < -0.3 is 10.1 Å². The van der Waals surface area contributed by atoms with Crippen LogP contribution in [0.5, 0.6) is 0 Å². The van der Waals surface area contributed by atoms with Gasteiger partial charge in [0, 0.05) is 16.4 Å². The maximum absolute atomic E-state index is 12.2. The first-order chi connectivity index (χ1) is 10.6. The molecule has 0 unspecified atom stereocenters. The van der Waals surface area contributed by atoms with Gasteiger partial charge in [0.1, 0.15) is 6.04 Å². The molecule has 5 heteroatoms. The molecule has 1 fully saturated rings. The Hall–Kier alpha value is -1.11. The Kier molecular flexibility index (Phi) is 6.67. The molecule has 0 radical (unpaired) electrons. The van der Waals surface area contributed by atoms with Gasteiger partial charge in [-0.25, -0.2) is 4.79 Å². The number of hydrogen-bond acceptors (Lipinski definition) is 3. The molecule has 1 aromatic carbocycles. The van der Waals surface area contributed by atoms with Crippen LogP contribution in [0.4, 0.5) is 0 Å². The quantitative estimate of drug-likeness (QED) is 0.574. The summed E-state index contributed by atoms with van der Waals surface area (Å²) in [6.07, 6.45) is 5.63. The largest absolute Gasteiger partial charge is 0.467 e. The summed E-state index contributed by atoms with van der Waals surface area (Å²) in [4.78, 5) is 24.1. The smallest absolute Gasteiger partial charge is 0.328 e. The van der Waals surface area contributed by atoms with Crippen LogP contribution in [0.25, 0.3) is 0 Å². The maximum atomic E-state index is 12.2. The summed E-state index contributed by atoms with van der Waals surface area (Å²) in [6, 6.07) is 7.24. The van der Waals surface area contributed by atoms with Crippen LogP contribution in [-0.4, -0.2) is 25.0 Å². The molecule has 1 saturated carbocycles. The van der Waals surface area contributed by atoms with E-state index in [1.807, 2.05) is 24.3 Å². The third kappa shape index (κ3) is 4.97. The fourth-order valence-corrected chi connectivity index (χ4v) is 3.56. The maximum Gasteiger partial charge on any atom is 0.328 e. The van der Waals surface area contributed by atoms with Crippen molar-refractivity contribution in [2.24, 2.45) is 5.92 Å². The molecule has 0 aliphatic heterocycles. The highest BCUT2D eigenvalue weighted by atomic mass is 127. The van der Waals surface area contributed by atoms with Crippen LogP contribution in [0.15, 0.2) is 24.3 Å². The Morgan fingerprint density at radius 2 is 2.00 bits per heavy atom. The van der Waals surface area contributed by atoms with Gasteiger partial charge in [0.2, 0.25) is 5.91 Å². The first-order valence-corrected chi connectivity index (χ1v) is 8.78. The van der Waals surface area contributed by atoms with Crippen molar-refractivity contribution in [3.05, 3.63) is 33.4 Å². The molecule has 1 aliphatic carbocycles. The standard InChI is InChI=1S/C17H22INO3/c1-22-17(21)15(11-13-8-4-5-9-14(13)18)19-16(20)10-12-6-2-3-7-12/h4-5,8-9,12,15H,2-3,6-7,10-11H2,1H3,(H,19,20)/t15-/m1/s1. The minimum absolute atomic E-state index is 0.0479. The number of esters is 1. The van der Waals surface area contributed by atoms with Crippen molar-refractivity contribution in [1.82, 2.24) is 5.32 Å². The van der Waals surface area contributed by atoms with Crippen LogP contribution in [0.3, 0.4) is 0 Å². The summed E-state index contributed by atoms with van der Waals surface area (Å²) in [6.45, 7) is 0. The SMILES string of the molecule is COC(=O)[C@@H](Cc1ccccc1I)NC(=O)CC1CCCC1. The molecule has 1 aromatic rings. The third-order valence-corrected chi connectivity index (χ3v) is 5.20. The summed E-state index contributed by atoms with van der Waals surface area (Å²) in [5.74, 6) is 0.0304. The van der Waals surface area contributed by atoms with Crippen molar-refractivity contribution >= 4 is 34.5 Å². The van der Waals surface area contributed by atoms with E-state index in [2.05, 4.69) is 27.9 Å². The average molecular weight is 415 g/mol. The second kappa shape index (κ2) is 8.50. The minimum Gasteiger partial charge on any atom is -0.467 e. The summed E-state index contributed by atoms with van der Waals surface area (Å²) >= 11 is 2.24. The molecule has 22 heavy (non-hydrogen) atoms. The van der Waals surface area contributed by atoms with Crippen molar-refractivity contribution in [3.8, 4) is 0 Å². The first-order valence-electron chi connectivity index (χ1n) is 7.70. The van der Waals surface area contributed by atoms with E-state index in [9.17, 15) is 9.59 Å². The summed E-state index contributed by atoms with van der Waals surface area (Å²) < 4.78 is 5.92. The molecule has 1 aliphatic rings. The second-order valence-corrected chi connectivity index (χ2v) is 6.96. The molecule has 1 N–H and O–H groups in total. The first kappa shape index (κ1) is 17.2. The highest BCUT2D eigenvalue weighted by Crippen LogP contribution is 2.27. The summed E-state index contributed by atoms with van der Waals surface area (Å²) in [7, 11) is 1.36. The Balaban J connectivity index is 1.98. The predicted molar refractivity (Wildman–Crippen MR) is 93.4 cm³/mol. The molecule has 2 rings (SSSR count). The fourth-order valence-electron chi connectivity index (χ4n) is 2.95. The fraction of sp³-hybridized carbons (Fsp3) is 0.529. The van der Waals surface area contributed by atoms with Gasteiger partial charge in [-0.1, -0.05) is 31.0 Å². The molecule has 0 spiro atoms. The third-order valence-electron chi connectivity index (χ3n) is 4.15. The molecular weight excluding hydrogens is 393 g/mol. The second-order valence-electron chi connectivity index (χ2n) is 5.79. The monoisotopic (exact) mass is 415 g/mol. The van der Waals surface area contributed by atoms with Crippen LogP contribution < -0.4 is 5.32 Å². The van der Waals surface area contributed by atoms with Gasteiger partial charge in [-0.2, -0.15) is 0 Å². The number of rotatable bonds is 6. The van der Waals surface area contributed by atoms with E-state index in [0.29, 0.717) is 18.8 Å². The van der Waals surface area contributed by atoms with Crippen LogP contribution in [0.1, 0.15) is 37.7 Å². The molecule has 4 nitrogen and oxygen atoms in total. The van der Waals surface area contributed by atoms with E-state index in [0.717, 1.165) is 22.0 Å². The van der Waals surface area contributed by atoms with Crippen molar-refractivity contribution < 1.29 is 14.3 Å². The van der Waals surface area contributed by atoms with E-state index < -0.39 is 6.04 Å². The Labute approximate surface area is 145 Å². The number of halogens is 1. The van der Waals surface area contributed by atoms with E-state index in [1.54, 1.807) is 0 Å². The predicted octanol–water partition coefficient (Wildman–Crippen LogP) is 3.07. The Morgan fingerprint density at radius 1 is 1.32 bits per heavy atom. The van der Waals surface area contributed by atoms with Crippen LogP contribution in [-0.2, 0) is 20.7 Å². The zero-order valence-electron chi connectivity index (χ0n) is 12.8. The number of methoxy groups -OCH3 is 1. The van der Waals surface area contributed by atoms with Gasteiger partial charge in [0.05, 0.1) is 7.11 Å². The molecule has 1 amide bonds. The lowest BCUT2D eigenvalue weighted by atomic mass is 10.0. The number of carbonyl (C=O) groups is 2. The van der Waals surface area contributed by atoms with Gasteiger partial charge in [-0.15, -0.1) is 0 Å². The normalized spacial score (nSPS) is 16.3. The lowest BCUT2D eigenvalue weighted by Crippen LogP contribution is -2.43. The average Bonchev–Trinajstić information content (AvgIpc) is 3.00. The van der Waals surface area contributed by atoms with Gasteiger partial charge in [-0.3, -0.25) is 4.79 Å². The van der Waals surface area contributed by atoms with Crippen LogP contribution in [0.2, 0.25) is 0 Å². The number of hydrogen-bond donors (Lipinski definition) is 1. The van der Waals surface area contributed by atoms with E-state index in [-0.39, 0.29) is 11.9 Å². The van der Waals surface area contributed by atoms with Gasteiger partial charge in [0.25, 0.3) is 0 Å². The van der Waals surface area contributed by atoms with Gasteiger partial charge >= 0.3 is 5.97 Å². The van der Waals surface area contributed by atoms with E-state index >= 15 is 0 Å². The number of carbonyl (C=O) groups excluding carboxylic acids is 2. The Bertz CT molecular complexity index is 526. The molecule has 0 bridgehead atoms. The summed E-state index contributed by atoms with van der Waals surface area (Å²) in [5, 5.41) is 2.85. The molecule has 1 atom stereocenters. The van der Waals surface area contributed by atoms with Crippen LogP contribution in [0, 0.1) is 9.49 Å². The molecular formula is C17H22INO3. The van der Waals surface area contributed by atoms with E-state index in [1.165, 1.54) is 20.0 Å².